The van der Waals surface area contributed by atoms with Crippen LogP contribution in [0, 0.1) is 6.92 Å². The molecule has 3 N–H and O–H groups in total. The Hall–Kier alpha value is -2.83. The Bertz CT molecular complexity index is 651. The number of nitrogens with one attached hydrogen (secondary N) is 1. The molecular weight excluding hydrogens is 272 g/mol. The van der Waals surface area contributed by atoms with E-state index in [1.54, 1.807) is 18.2 Å². The third-order valence-corrected chi connectivity index (χ3v) is 2.86. The van der Waals surface area contributed by atoms with Crippen LogP contribution in [0.25, 0.3) is 0 Å². The number of anilines is 2. The molecule has 2 rings (SSSR count). The summed E-state index contributed by atoms with van der Waals surface area (Å²) in [6.07, 6.45) is 0. The molecule has 0 unspecified atom stereocenters. The number of carbonyl (C=O) groups excluding carboxylic acids is 1. The van der Waals surface area contributed by atoms with E-state index in [-0.39, 0.29) is 11.9 Å². The molecule has 0 radical (unpaired) electrons. The number of aromatic nitrogens is 2. The average molecular weight is 288 g/mol. The van der Waals surface area contributed by atoms with Gasteiger partial charge in [0.15, 0.2) is 0 Å². The van der Waals surface area contributed by atoms with Crippen LogP contribution in [0.5, 0.6) is 11.8 Å². The molecule has 0 bridgehead atoms. The molecule has 7 heteroatoms. The Labute approximate surface area is 122 Å². The molecule has 21 heavy (non-hydrogen) atoms. The van der Waals surface area contributed by atoms with Gasteiger partial charge in [-0.25, -0.2) is 0 Å². The zero-order valence-corrected chi connectivity index (χ0v) is 12.0. The molecule has 1 aromatic carbocycles. The Morgan fingerprint density at radius 2 is 1.76 bits per heavy atom. The molecule has 0 saturated heterocycles. The summed E-state index contributed by atoms with van der Waals surface area (Å²) >= 11 is 0. The highest BCUT2D eigenvalue weighted by Gasteiger charge is 2.11. The lowest BCUT2D eigenvalue weighted by molar-refractivity contribution is 0.102. The Kier molecular flexibility index (Phi) is 4.22. The fourth-order valence-electron chi connectivity index (χ4n) is 1.62. The van der Waals surface area contributed by atoms with Crippen molar-refractivity contribution in [2.75, 3.05) is 25.3 Å². The maximum atomic E-state index is 12.1. The van der Waals surface area contributed by atoms with Gasteiger partial charge in [0.1, 0.15) is 0 Å². The van der Waals surface area contributed by atoms with Gasteiger partial charge in [0.2, 0.25) is 17.7 Å². The summed E-state index contributed by atoms with van der Waals surface area (Å²) in [7, 11) is 2.93. The van der Waals surface area contributed by atoms with E-state index in [1.807, 2.05) is 6.92 Å². The molecule has 0 spiro atoms. The van der Waals surface area contributed by atoms with Crippen LogP contribution in [0.3, 0.4) is 0 Å². The molecule has 2 aromatic rings. The third kappa shape index (κ3) is 3.38. The topological polar surface area (TPSA) is 99.4 Å². The monoisotopic (exact) mass is 288 g/mol. The highest BCUT2D eigenvalue weighted by molar-refractivity contribution is 6.04. The number of hydrogen-bond acceptors (Lipinski definition) is 6. The van der Waals surface area contributed by atoms with Gasteiger partial charge in [0.05, 0.1) is 20.3 Å². The molecule has 1 heterocycles. The summed E-state index contributed by atoms with van der Waals surface area (Å²) in [5.74, 6) is 0.313. The standard InChI is InChI=1S/C14H16N4O3/c1-8-4-5-9(6-10(8)15)13(19)18-14-16-11(20-2)7-12(17-14)21-3/h4-7H,15H2,1-3H3,(H,16,17,18,19). The minimum atomic E-state index is -0.364. The number of ether oxygens (including phenoxy) is 2. The first-order valence-corrected chi connectivity index (χ1v) is 6.18. The van der Waals surface area contributed by atoms with E-state index in [1.165, 1.54) is 20.3 Å². The van der Waals surface area contributed by atoms with Crippen molar-refractivity contribution in [3.8, 4) is 11.8 Å². The molecule has 0 atom stereocenters. The second-order valence-electron chi connectivity index (χ2n) is 4.30. The molecule has 110 valence electrons. The van der Waals surface area contributed by atoms with Gasteiger partial charge in [-0.1, -0.05) is 6.07 Å². The lowest BCUT2D eigenvalue weighted by Gasteiger charge is -2.08. The zero-order valence-electron chi connectivity index (χ0n) is 12.0. The second kappa shape index (κ2) is 6.08. The summed E-state index contributed by atoms with van der Waals surface area (Å²) in [6, 6.07) is 6.57. The van der Waals surface area contributed by atoms with E-state index < -0.39 is 0 Å². The van der Waals surface area contributed by atoms with E-state index >= 15 is 0 Å². The van der Waals surface area contributed by atoms with Gasteiger partial charge in [-0.05, 0) is 24.6 Å². The van der Waals surface area contributed by atoms with Gasteiger partial charge in [-0.3, -0.25) is 10.1 Å². The van der Waals surface area contributed by atoms with Crippen molar-refractivity contribution in [1.82, 2.24) is 9.97 Å². The van der Waals surface area contributed by atoms with Gasteiger partial charge >= 0.3 is 0 Å². The van der Waals surface area contributed by atoms with E-state index in [0.29, 0.717) is 23.0 Å². The number of nitrogens with zero attached hydrogens (tertiary/aromatic N) is 2. The number of nitrogens with two attached hydrogens (primary N) is 1. The maximum absolute atomic E-state index is 12.1. The highest BCUT2D eigenvalue weighted by Crippen LogP contribution is 2.18. The normalized spacial score (nSPS) is 10.0. The number of aryl methyl sites for hydroxylation is 1. The van der Waals surface area contributed by atoms with Crippen molar-refractivity contribution >= 4 is 17.5 Å². The summed E-state index contributed by atoms with van der Waals surface area (Å²) in [5, 5.41) is 2.58. The number of nitrogen functional groups attached to an aromatic ring is 1. The predicted octanol–water partition coefficient (Wildman–Crippen LogP) is 1.64. The number of methoxy groups -OCH3 is 2. The summed E-state index contributed by atoms with van der Waals surface area (Å²) in [5.41, 5.74) is 7.67. The van der Waals surface area contributed by atoms with Crippen LogP contribution in [0.15, 0.2) is 24.3 Å². The van der Waals surface area contributed by atoms with Crippen molar-refractivity contribution < 1.29 is 14.3 Å². The van der Waals surface area contributed by atoms with Crippen molar-refractivity contribution in [2.45, 2.75) is 6.92 Å². The smallest absolute Gasteiger partial charge is 0.258 e. The van der Waals surface area contributed by atoms with E-state index in [0.717, 1.165) is 5.56 Å². The second-order valence-corrected chi connectivity index (χ2v) is 4.30. The van der Waals surface area contributed by atoms with Gasteiger partial charge in [-0.15, -0.1) is 0 Å². The van der Waals surface area contributed by atoms with Gasteiger partial charge in [0.25, 0.3) is 5.91 Å². The molecule has 1 amide bonds. The fourth-order valence-corrected chi connectivity index (χ4v) is 1.62. The van der Waals surface area contributed by atoms with Crippen LogP contribution in [0.2, 0.25) is 0 Å². The summed E-state index contributed by atoms with van der Waals surface area (Å²) in [4.78, 5) is 20.2. The lowest BCUT2D eigenvalue weighted by Crippen LogP contribution is -2.15. The van der Waals surface area contributed by atoms with Gasteiger partial charge in [-0.2, -0.15) is 9.97 Å². The van der Waals surface area contributed by atoms with Crippen molar-refractivity contribution in [2.24, 2.45) is 0 Å². The number of benzene rings is 1. The van der Waals surface area contributed by atoms with E-state index in [2.05, 4.69) is 15.3 Å². The lowest BCUT2D eigenvalue weighted by atomic mass is 10.1. The van der Waals surface area contributed by atoms with Crippen LogP contribution in [0.4, 0.5) is 11.6 Å². The number of amides is 1. The third-order valence-electron chi connectivity index (χ3n) is 2.86. The first kappa shape index (κ1) is 14.6. The maximum Gasteiger partial charge on any atom is 0.258 e. The molecule has 0 aliphatic carbocycles. The van der Waals surface area contributed by atoms with Crippen molar-refractivity contribution in [3.63, 3.8) is 0 Å². The summed E-state index contributed by atoms with van der Waals surface area (Å²) < 4.78 is 10.0. The molecule has 0 saturated carbocycles. The van der Waals surface area contributed by atoms with Gasteiger partial charge in [0, 0.05) is 11.3 Å². The first-order chi connectivity index (χ1) is 10.0. The molecule has 0 aliphatic heterocycles. The zero-order chi connectivity index (χ0) is 15.4. The minimum Gasteiger partial charge on any atom is -0.481 e. The number of hydrogen-bond donors (Lipinski definition) is 2. The fraction of sp³-hybridized carbons (Fsp3) is 0.214. The van der Waals surface area contributed by atoms with Crippen LogP contribution >= 0.6 is 0 Å². The Balaban J connectivity index is 2.24. The largest absolute Gasteiger partial charge is 0.481 e. The SMILES string of the molecule is COc1cc(OC)nc(NC(=O)c2ccc(C)c(N)c2)n1. The number of rotatable bonds is 4. The van der Waals surface area contributed by atoms with E-state index in [4.69, 9.17) is 15.2 Å². The van der Waals surface area contributed by atoms with Crippen molar-refractivity contribution in [1.29, 1.82) is 0 Å². The summed E-state index contributed by atoms with van der Waals surface area (Å²) in [6.45, 7) is 1.87. The van der Waals surface area contributed by atoms with Gasteiger partial charge < -0.3 is 15.2 Å². The predicted molar refractivity (Wildman–Crippen MR) is 78.7 cm³/mol. The van der Waals surface area contributed by atoms with Crippen molar-refractivity contribution in [3.05, 3.63) is 35.4 Å². The quantitative estimate of drug-likeness (QED) is 0.830. The first-order valence-electron chi connectivity index (χ1n) is 6.18. The van der Waals surface area contributed by atoms with Crippen LogP contribution in [-0.2, 0) is 0 Å². The van der Waals surface area contributed by atoms with Crippen LogP contribution in [-0.4, -0.2) is 30.1 Å². The molecule has 0 aliphatic rings. The van der Waals surface area contributed by atoms with E-state index in [9.17, 15) is 4.79 Å². The Morgan fingerprint density at radius 1 is 1.14 bits per heavy atom. The molecule has 0 fully saturated rings. The molecular formula is C14H16N4O3. The number of carbonyl (C=O) groups is 1. The minimum absolute atomic E-state index is 0.0929. The average Bonchev–Trinajstić information content (AvgIpc) is 2.49. The van der Waals surface area contributed by atoms with Crippen LogP contribution < -0.4 is 20.5 Å². The van der Waals surface area contributed by atoms with Crippen LogP contribution in [0.1, 0.15) is 15.9 Å². The highest BCUT2D eigenvalue weighted by atomic mass is 16.5. The molecule has 7 nitrogen and oxygen atoms in total. The molecule has 1 aromatic heterocycles. The Morgan fingerprint density at radius 3 is 2.29 bits per heavy atom.